The van der Waals surface area contributed by atoms with Gasteiger partial charge in [-0.2, -0.15) is 5.10 Å². The van der Waals surface area contributed by atoms with E-state index in [4.69, 9.17) is 0 Å². The highest BCUT2D eigenvalue weighted by molar-refractivity contribution is 5.53. The van der Waals surface area contributed by atoms with Crippen LogP contribution in [0.25, 0.3) is 11.5 Å². The Morgan fingerprint density at radius 2 is 2.17 bits per heavy atom. The van der Waals surface area contributed by atoms with Crippen LogP contribution in [0.5, 0.6) is 0 Å². The average Bonchev–Trinajstić information content (AvgIpc) is 2.77. The Hall–Kier alpha value is -1.98. The van der Waals surface area contributed by atoms with Crippen molar-refractivity contribution in [3.8, 4) is 11.5 Å². The van der Waals surface area contributed by atoms with Gasteiger partial charge >= 0.3 is 0 Å². The van der Waals surface area contributed by atoms with Crippen molar-refractivity contribution in [2.45, 2.75) is 20.3 Å². The molecule has 2 aromatic rings. The number of nitrogens with one attached hydrogen (secondary N) is 1. The van der Waals surface area contributed by atoms with E-state index in [0.717, 1.165) is 6.42 Å². The number of aryl methyl sites for hydroxylation is 2. The zero-order valence-corrected chi connectivity index (χ0v) is 10.7. The van der Waals surface area contributed by atoms with Crippen LogP contribution >= 0.6 is 0 Å². The van der Waals surface area contributed by atoms with Crippen molar-refractivity contribution >= 4 is 5.82 Å². The Bertz CT molecular complexity index is 549. The highest BCUT2D eigenvalue weighted by Crippen LogP contribution is 2.19. The van der Waals surface area contributed by atoms with E-state index in [-0.39, 0.29) is 5.82 Å². The van der Waals surface area contributed by atoms with Gasteiger partial charge in [0.05, 0.1) is 5.69 Å². The van der Waals surface area contributed by atoms with Crippen LogP contribution in [-0.2, 0) is 7.05 Å². The van der Waals surface area contributed by atoms with Crippen LogP contribution in [-0.4, -0.2) is 26.3 Å². The van der Waals surface area contributed by atoms with Gasteiger partial charge in [-0.05, 0) is 19.4 Å². The number of nitrogens with zero attached hydrogens (tertiary/aromatic N) is 4. The van der Waals surface area contributed by atoms with Crippen LogP contribution in [0.1, 0.15) is 19.0 Å². The van der Waals surface area contributed by atoms with Crippen LogP contribution in [0.15, 0.2) is 12.3 Å². The molecule has 0 aliphatic rings. The third-order valence-electron chi connectivity index (χ3n) is 2.50. The molecular weight excluding hydrogens is 233 g/mol. The van der Waals surface area contributed by atoms with E-state index in [1.54, 1.807) is 23.9 Å². The molecule has 2 aromatic heterocycles. The molecule has 0 saturated carbocycles. The lowest BCUT2D eigenvalue weighted by atomic mass is 10.3. The first-order valence-corrected chi connectivity index (χ1v) is 5.90. The molecular formula is C12H16FN5. The molecule has 0 spiro atoms. The van der Waals surface area contributed by atoms with E-state index in [0.29, 0.717) is 23.8 Å². The first-order chi connectivity index (χ1) is 8.61. The molecule has 0 aromatic carbocycles. The van der Waals surface area contributed by atoms with E-state index in [9.17, 15) is 4.39 Å². The number of halogens is 1. The summed E-state index contributed by atoms with van der Waals surface area (Å²) in [6.07, 6.45) is 2.71. The highest BCUT2D eigenvalue weighted by atomic mass is 19.1. The molecule has 18 heavy (non-hydrogen) atoms. The second kappa shape index (κ2) is 5.12. The molecule has 2 rings (SSSR count). The number of rotatable bonds is 4. The largest absolute Gasteiger partial charge is 0.368 e. The van der Waals surface area contributed by atoms with Crippen LogP contribution < -0.4 is 5.32 Å². The van der Waals surface area contributed by atoms with Crippen LogP contribution in [0.4, 0.5) is 10.2 Å². The molecule has 0 radical (unpaired) electrons. The Morgan fingerprint density at radius 1 is 1.39 bits per heavy atom. The second-order valence-corrected chi connectivity index (χ2v) is 4.10. The predicted octanol–water partition coefficient (Wildman–Crippen LogP) is 2.15. The zero-order valence-electron chi connectivity index (χ0n) is 10.7. The fraction of sp³-hybridized carbons (Fsp3) is 0.417. The zero-order chi connectivity index (χ0) is 13.1. The SMILES string of the molecule is CCCNc1nc(-c2ccn(C)n2)nc(C)c1F. The summed E-state index contributed by atoms with van der Waals surface area (Å²) in [4.78, 5) is 8.30. The lowest BCUT2D eigenvalue weighted by molar-refractivity contribution is 0.605. The van der Waals surface area contributed by atoms with Gasteiger partial charge in [-0.25, -0.2) is 14.4 Å². The van der Waals surface area contributed by atoms with Crippen molar-refractivity contribution in [2.24, 2.45) is 7.05 Å². The quantitative estimate of drug-likeness (QED) is 0.902. The molecule has 0 unspecified atom stereocenters. The molecule has 2 heterocycles. The van der Waals surface area contributed by atoms with Gasteiger partial charge in [0.25, 0.3) is 0 Å². The fourth-order valence-electron chi connectivity index (χ4n) is 1.57. The molecule has 96 valence electrons. The van der Waals surface area contributed by atoms with Gasteiger partial charge in [-0.1, -0.05) is 6.92 Å². The smallest absolute Gasteiger partial charge is 0.186 e. The summed E-state index contributed by atoms with van der Waals surface area (Å²) in [6, 6.07) is 1.80. The van der Waals surface area contributed by atoms with Gasteiger partial charge in [-0.3, -0.25) is 4.68 Å². The van der Waals surface area contributed by atoms with E-state index >= 15 is 0 Å². The number of hydrogen-bond donors (Lipinski definition) is 1. The van der Waals surface area contributed by atoms with Gasteiger partial charge in [0.1, 0.15) is 5.69 Å². The maximum Gasteiger partial charge on any atom is 0.186 e. The van der Waals surface area contributed by atoms with Crippen LogP contribution in [0, 0.1) is 12.7 Å². The molecule has 0 atom stereocenters. The molecule has 0 saturated heterocycles. The third kappa shape index (κ3) is 2.47. The van der Waals surface area contributed by atoms with E-state index < -0.39 is 5.82 Å². The summed E-state index contributed by atoms with van der Waals surface area (Å²) in [7, 11) is 1.82. The summed E-state index contributed by atoms with van der Waals surface area (Å²) < 4.78 is 15.5. The van der Waals surface area contributed by atoms with E-state index in [1.807, 2.05) is 14.0 Å². The second-order valence-electron chi connectivity index (χ2n) is 4.10. The normalized spacial score (nSPS) is 10.7. The minimum Gasteiger partial charge on any atom is -0.368 e. The Kier molecular flexibility index (Phi) is 3.55. The average molecular weight is 249 g/mol. The predicted molar refractivity (Wildman–Crippen MR) is 67.7 cm³/mol. The summed E-state index contributed by atoms with van der Waals surface area (Å²) in [6.45, 7) is 4.31. The molecule has 0 aliphatic carbocycles. The molecule has 0 amide bonds. The minimum atomic E-state index is -0.400. The highest BCUT2D eigenvalue weighted by Gasteiger charge is 2.13. The van der Waals surface area contributed by atoms with Crippen molar-refractivity contribution in [1.29, 1.82) is 0 Å². The van der Waals surface area contributed by atoms with Crippen molar-refractivity contribution < 1.29 is 4.39 Å². The molecule has 6 heteroatoms. The van der Waals surface area contributed by atoms with E-state index in [2.05, 4.69) is 20.4 Å². The summed E-state index contributed by atoms with van der Waals surface area (Å²) in [5.74, 6) is 0.279. The molecule has 5 nitrogen and oxygen atoms in total. The van der Waals surface area contributed by atoms with Crippen molar-refractivity contribution in [1.82, 2.24) is 19.7 Å². The topological polar surface area (TPSA) is 55.6 Å². The maximum absolute atomic E-state index is 13.8. The summed E-state index contributed by atoms with van der Waals surface area (Å²) in [5.41, 5.74) is 0.962. The van der Waals surface area contributed by atoms with Gasteiger partial charge in [0, 0.05) is 19.8 Å². The first-order valence-electron chi connectivity index (χ1n) is 5.90. The minimum absolute atomic E-state index is 0.241. The lowest BCUT2D eigenvalue weighted by Gasteiger charge is -2.08. The Morgan fingerprint density at radius 3 is 2.78 bits per heavy atom. The molecule has 1 N–H and O–H groups in total. The lowest BCUT2D eigenvalue weighted by Crippen LogP contribution is -2.08. The van der Waals surface area contributed by atoms with Crippen molar-refractivity contribution in [3.05, 3.63) is 23.8 Å². The van der Waals surface area contributed by atoms with Gasteiger partial charge in [0.2, 0.25) is 0 Å². The number of hydrogen-bond acceptors (Lipinski definition) is 4. The summed E-state index contributed by atoms with van der Waals surface area (Å²) in [5, 5.41) is 7.17. The molecule has 0 bridgehead atoms. The Balaban J connectivity index is 2.40. The fourth-order valence-corrected chi connectivity index (χ4v) is 1.57. The maximum atomic E-state index is 13.8. The summed E-state index contributed by atoms with van der Waals surface area (Å²) >= 11 is 0. The molecule has 0 aliphatic heterocycles. The number of anilines is 1. The van der Waals surface area contributed by atoms with Gasteiger partial charge in [0.15, 0.2) is 17.5 Å². The van der Waals surface area contributed by atoms with Crippen LogP contribution in [0.2, 0.25) is 0 Å². The first kappa shape index (κ1) is 12.5. The van der Waals surface area contributed by atoms with Gasteiger partial charge < -0.3 is 5.32 Å². The Labute approximate surface area is 105 Å². The van der Waals surface area contributed by atoms with E-state index in [1.165, 1.54) is 0 Å². The molecule has 0 fully saturated rings. The van der Waals surface area contributed by atoms with Crippen LogP contribution in [0.3, 0.4) is 0 Å². The van der Waals surface area contributed by atoms with Gasteiger partial charge in [-0.15, -0.1) is 0 Å². The third-order valence-corrected chi connectivity index (χ3v) is 2.50. The number of aromatic nitrogens is 4. The van der Waals surface area contributed by atoms with Crippen molar-refractivity contribution in [3.63, 3.8) is 0 Å². The standard InChI is InChI=1S/C12H16FN5/c1-4-6-14-12-10(13)8(2)15-11(16-12)9-5-7-18(3)17-9/h5,7H,4,6H2,1-3H3,(H,14,15,16). The monoisotopic (exact) mass is 249 g/mol. The van der Waals surface area contributed by atoms with Crippen molar-refractivity contribution in [2.75, 3.05) is 11.9 Å².